The normalized spacial score (nSPS) is 14.3. The third kappa shape index (κ3) is 3.01. The van der Waals surface area contributed by atoms with E-state index in [9.17, 15) is 9.59 Å². The molecule has 0 radical (unpaired) electrons. The smallest absolute Gasteiger partial charge is 0.277 e. The van der Waals surface area contributed by atoms with E-state index < -0.39 is 11.8 Å². The second-order valence-electron chi connectivity index (χ2n) is 5.00. The third-order valence-corrected chi connectivity index (χ3v) is 4.20. The fourth-order valence-electron chi connectivity index (χ4n) is 2.36. The molecule has 23 heavy (non-hydrogen) atoms. The average molecular weight is 329 g/mol. The van der Waals surface area contributed by atoms with Gasteiger partial charge in [0.15, 0.2) is 0 Å². The lowest BCUT2D eigenvalue weighted by Crippen LogP contribution is -2.34. The molecular formula is C16H15N3O3S. The topological polar surface area (TPSA) is 82.5 Å². The summed E-state index contributed by atoms with van der Waals surface area (Å²) in [5.41, 5.74) is 2.58. The first-order valence-corrected chi connectivity index (χ1v) is 7.95. The van der Waals surface area contributed by atoms with Gasteiger partial charge in [-0.05, 0) is 13.0 Å². The number of anilines is 1. The summed E-state index contributed by atoms with van der Waals surface area (Å²) in [5, 5.41) is 14.9. The molecule has 0 saturated heterocycles. The number of aryl methyl sites for hydroxylation is 1. The molecule has 3 rings (SSSR count). The van der Waals surface area contributed by atoms with Crippen molar-refractivity contribution in [3.63, 3.8) is 0 Å². The summed E-state index contributed by atoms with van der Waals surface area (Å²) in [6.45, 7) is 1.66. The molecule has 0 saturated carbocycles. The molecule has 2 aromatic rings. The Morgan fingerprint density at radius 2 is 2.09 bits per heavy atom. The van der Waals surface area contributed by atoms with Crippen molar-refractivity contribution in [1.82, 2.24) is 9.88 Å². The Bertz CT molecular complexity index is 797. The first-order valence-electron chi connectivity index (χ1n) is 7.07. The molecule has 0 atom stereocenters. The maximum absolute atomic E-state index is 12.2. The Labute approximate surface area is 137 Å². The summed E-state index contributed by atoms with van der Waals surface area (Å²) in [6, 6.07) is 7.48. The van der Waals surface area contributed by atoms with Crippen molar-refractivity contribution in [2.75, 3.05) is 18.5 Å². The van der Waals surface area contributed by atoms with Crippen molar-refractivity contribution in [1.29, 1.82) is 0 Å². The number of aliphatic hydroxyl groups excluding tert-OH is 1. The van der Waals surface area contributed by atoms with Crippen molar-refractivity contribution in [3.8, 4) is 11.3 Å². The number of carbonyl (C=O) groups is 2. The highest BCUT2D eigenvalue weighted by Gasteiger charge is 2.30. The van der Waals surface area contributed by atoms with Crippen LogP contribution in [-0.4, -0.2) is 40.0 Å². The summed E-state index contributed by atoms with van der Waals surface area (Å²) in [5.74, 6) is -0.859. The molecule has 0 bridgehead atoms. The number of hydrogen-bond donors (Lipinski definition) is 2. The van der Waals surface area contributed by atoms with Gasteiger partial charge in [-0.25, -0.2) is 4.98 Å². The largest absolute Gasteiger partial charge is 0.395 e. The number of nitrogens with one attached hydrogen (secondary N) is 1. The molecule has 7 heteroatoms. The van der Waals surface area contributed by atoms with Crippen LogP contribution in [0.25, 0.3) is 11.3 Å². The minimum absolute atomic E-state index is 0.00766. The lowest BCUT2D eigenvalue weighted by atomic mass is 10.1. The van der Waals surface area contributed by atoms with E-state index in [0.29, 0.717) is 5.69 Å². The summed E-state index contributed by atoms with van der Waals surface area (Å²) in [7, 11) is 0. The molecule has 1 aliphatic rings. The van der Waals surface area contributed by atoms with Crippen molar-refractivity contribution in [2.24, 2.45) is 0 Å². The van der Waals surface area contributed by atoms with E-state index in [1.807, 2.05) is 36.6 Å². The average Bonchev–Trinajstić information content (AvgIpc) is 3.07. The second-order valence-corrected chi connectivity index (χ2v) is 6.06. The van der Waals surface area contributed by atoms with E-state index in [4.69, 9.17) is 5.11 Å². The van der Waals surface area contributed by atoms with Crippen molar-refractivity contribution in [3.05, 3.63) is 46.4 Å². The highest BCUT2D eigenvalue weighted by atomic mass is 32.1. The zero-order valence-electron chi connectivity index (χ0n) is 12.4. The first kappa shape index (κ1) is 15.4. The lowest BCUT2D eigenvalue weighted by molar-refractivity contribution is -0.137. The number of benzene rings is 1. The Morgan fingerprint density at radius 3 is 2.78 bits per heavy atom. The van der Waals surface area contributed by atoms with Crippen molar-refractivity contribution in [2.45, 2.75) is 6.92 Å². The Morgan fingerprint density at radius 1 is 1.30 bits per heavy atom. The molecule has 1 aliphatic heterocycles. The number of thiazole rings is 1. The van der Waals surface area contributed by atoms with E-state index in [-0.39, 0.29) is 18.8 Å². The SMILES string of the molecule is Cc1nc(-c2ccccc2NC2=CC(=O)N(CCO)C2=O)cs1. The van der Waals surface area contributed by atoms with Gasteiger partial charge in [-0.15, -0.1) is 11.3 Å². The van der Waals surface area contributed by atoms with E-state index in [1.54, 1.807) is 11.3 Å². The summed E-state index contributed by atoms with van der Waals surface area (Å²) in [6.07, 6.45) is 1.25. The van der Waals surface area contributed by atoms with E-state index >= 15 is 0 Å². The van der Waals surface area contributed by atoms with Crippen molar-refractivity contribution < 1.29 is 14.7 Å². The maximum Gasteiger partial charge on any atom is 0.277 e. The summed E-state index contributed by atoms with van der Waals surface area (Å²) >= 11 is 1.55. The zero-order valence-corrected chi connectivity index (χ0v) is 13.3. The molecule has 6 nitrogen and oxygen atoms in total. The van der Waals surface area contributed by atoms with Crippen LogP contribution in [0.3, 0.4) is 0 Å². The van der Waals surface area contributed by atoms with Gasteiger partial charge in [0.25, 0.3) is 11.8 Å². The van der Waals surface area contributed by atoms with Gasteiger partial charge >= 0.3 is 0 Å². The predicted molar refractivity (Wildman–Crippen MR) is 87.8 cm³/mol. The molecule has 1 aromatic heterocycles. The van der Waals surface area contributed by atoms with Gasteiger partial charge < -0.3 is 10.4 Å². The molecule has 1 aromatic carbocycles. The number of para-hydroxylation sites is 1. The van der Waals surface area contributed by atoms with Gasteiger partial charge in [0.2, 0.25) is 0 Å². The molecule has 0 aliphatic carbocycles. The zero-order chi connectivity index (χ0) is 16.4. The van der Waals surface area contributed by atoms with Crippen molar-refractivity contribution >= 4 is 28.8 Å². The Balaban J connectivity index is 1.89. The fraction of sp³-hybridized carbons (Fsp3) is 0.188. The highest BCUT2D eigenvalue weighted by molar-refractivity contribution is 7.09. The van der Waals surface area contributed by atoms with E-state index in [2.05, 4.69) is 10.3 Å². The van der Waals surface area contributed by atoms with Crippen LogP contribution in [0, 0.1) is 6.92 Å². The van der Waals surface area contributed by atoms with Crippen LogP contribution in [0.15, 0.2) is 41.4 Å². The van der Waals surface area contributed by atoms with Gasteiger partial charge in [0, 0.05) is 22.7 Å². The Kier molecular flexibility index (Phi) is 4.22. The number of imide groups is 1. The number of carbonyl (C=O) groups excluding carboxylic acids is 2. The number of β-amino-alcohol motifs (C(OH)–C–C–N with tert-alkyl or cyclic N) is 1. The molecule has 2 N–H and O–H groups in total. The standard InChI is InChI=1S/C16H15N3O3S/c1-10-17-14(9-23-10)11-4-2-3-5-12(11)18-13-8-15(21)19(6-7-20)16(13)22/h2-5,8-9,18,20H,6-7H2,1H3. The fourth-order valence-corrected chi connectivity index (χ4v) is 2.97. The van der Waals surface area contributed by atoms with Crippen LogP contribution in [0.4, 0.5) is 5.69 Å². The monoisotopic (exact) mass is 329 g/mol. The third-order valence-electron chi connectivity index (χ3n) is 3.42. The number of rotatable bonds is 5. The summed E-state index contributed by atoms with van der Waals surface area (Å²) in [4.78, 5) is 29.5. The van der Waals surface area contributed by atoms with E-state index in [0.717, 1.165) is 21.2 Å². The minimum Gasteiger partial charge on any atom is -0.395 e. The van der Waals surface area contributed by atoms with Crippen LogP contribution in [-0.2, 0) is 9.59 Å². The van der Waals surface area contributed by atoms with Crippen LogP contribution < -0.4 is 5.32 Å². The minimum atomic E-state index is -0.437. The summed E-state index contributed by atoms with van der Waals surface area (Å²) < 4.78 is 0. The van der Waals surface area contributed by atoms with Gasteiger partial charge in [0.05, 0.1) is 23.9 Å². The molecule has 118 valence electrons. The van der Waals surface area contributed by atoms with Gasteiger partial charge in [-0.3, -0.25) is 14.5 Å². The van der Waals surface area contributed by atoms with Crippen LogP contribution >= 0.6 is 11.3 Å². The van der Waals surface area contributed by atoms with E-state index in [1.165, 1.54) is 6.08 Å². The maximum atomic E-state index is 12.2. The lowest BCUT2D eigenvalue weighted by Gasteiger charge is -2.14. The number of aliphatic hydroxyl groups is 1. The van der Waals surface area contributed by atoms with Crippen LogP contribution in [0.2, 0.25) is 0 Å². The first-order chi connectivity index (χ1) is 11.1. The van der Waals surface area contributed by atoms with Gasteiger partial charge in [-0.1, -0.05) is 18.2 Å². The molecule has 2 amide bonds. The molecule has 0 fully saturated rings. The predicted octanol–water partition coefficient (Wildman–Crippen LogP) is 1.78. The highest BCUT2D eigenvalue weighted by Crippen LogP contribution is 2.30. The number of aromatic nitrogens is 1. The molecular weight excluding hydrogens is 314 g/mol. The van der Waals surface area contributed by atoms with Gasteiger partial charge in [-0.2, -0.15) is 0 Å². The quantitative estimate of drug-likeness (QED) is 0.817. The number of hydrogen-bond acceptors (Lipinski definition) is 6. The van der Waals surface area contributed by atoms with Crippen LogP contribution in [0.5, 0.6) is 0 Å². The van der Waals surface area contributed by atoms with Crippen LogP contribution in [0.1, 0.15) is 5.01 Å². The molecule has 2 heterocycles. The number of amides is 2. The number of nitrogens with zero attached hydrogens (tertiary/aromatic N) is 2. The molecule has 0 unspecified atom stereocenters. The Hall–Kier alpha value is -2.51. The second kappa shape index (κ2) is 6.31. The van der Waals surface area contributed by atoms with Gasteiger partial charge in [0.1, 0.15) is 5.70 Å². The molecule has 0 spiro atoms.